The lowest BCUT2D eigenvalue weighted by Crippen LogP contribution is -2.29. The largest absolute Gasteiger partial charge is 0.469 e. The van der Waals surface area contributed by atoms with E-state index in [9.17, 15) is 4.79 Å². The third kappa shape index (κ3) is 2.72. The Kier molecular flexibility index (Phi) is 3.77. The Labute approximate surface area is 99.2 Å². The van der Waals surface area contributed by atoms with Gasteiger partial charge in [-0.25, -0.2) is 4.98 Å². The molecule has 0 radical (unpaired) electrons. The minimum absolute atomic E-state index is 0.226. The second kappa shape index (κ2) is 5.30. The van der Waals surface area contributed by atoms with E-state index in [-0.39, 0.29) is 12.4 Å². The third-order valence-electron chi connectivity index (χ3n) is 2.72. The first-order chi connectivity index (χ1) is 7.79. The van der Waals surface area contributed by atoms with Gasteiger partial charge in [0, 0.05) is 18.5 Å². The predicted molar refractivity (Wildman–Crippen MR) is 63.9 cm³/mol. The van der Waals surface area contributed by atoms with Crippen LogP contribution in [0.15, 0.2) is 5.38 Å². The fourth-order valence-corrected chi connectivity index (χ4v) is 2.71. The molecular formula is C11H16N2O2S. The van der Waals surface area contributed by atoms with E-state index in [0.29, 0.717) is 0 Å². The second-order valence-corrected chi connectivity index (χ2v) is 4.76. The Bertz CT molecular complexity index is 359. The molecule has 1 aliphatic heterocycles. The van der Waals surface area contributed by atoms with Gasteiger partial charge in [-0.2, -0.15) is 0 Å². The topological polar surface area (TPSA) is 42.4 Å². The van der Waals surface area contributed by atoms with E-state index in [2.05, 4.69) is 14.6 Å². The molecule has 1 aromatic rings. The van der Waals surface area contributed by atoms with Crippen LogP contribution in [0.5, 0.6) is 0 Å². The first kappa shape index (κ1) is 11.4. The zero-order valence-corrected chi connectivity index (χ0v) is 10.3. The van der Waals surface area contributed by atoms with E-state index in [0.717, 1.165) is 23.9 Å². The van der Waals surface area contributed by atoms with E-state index >= 15 is 0 Å². The monoisotopic (exact) mass is 240 g/mol. The lowest BCUT2D eigenvalue weighted by molar-refractivity contribution is -0.139. The molecule has 0 spiro atoms. The molecule has 2 rings (SSSR count). The first-order valence-corrected chi connectivity index (χ1v) is 6.44. The van der Waals surface area contributed by atoms with Crippen molar-refractivity contribution in [2.75, 3.05) is 25.1 Å². The van der Waals surface area contributed by atoms with Crippen molar-refractivity contribution in [1.29, 1.82) is 0 Å². The second-order valence-electron chi connectivity index (χ2n) is 3.92. The van der Waals surface area contributed by atoms with Gasteiger partial charge in [0.25, 0.3) is 0 Å². The molecule has 2 heterocycles. The zero-order valence-electron chi connectivity index (χ0n) is 9.44. The maximum Gasteiger partial charge on any atom is 0.311 e. The quantitative estimate of drug-likeness (QED) is 0.756. The number of nitrogens with zero attached hydrogens (tertiary/aromatic N) is 2. The Morgan fingerprint density at radius 2 is 2.25 bits per heavy atom. The summed E-state index contributed by atoms with van der Waals surface area (Å²) < 4.78 is 4.62. The molecule has 0 bridgehead atoms. The third-order valence-corrected chi connectivity index (χ3v) is 3.67. The van der Waals surface area contributed by atoms with E-state index in [4.69, 9.17) is 0 Å². The summed E-state index contributed by atoms with van der Waals surface area (Å²) in [6.45, 7) is 2.18. The fraction of sp³-hybridized carbons (Fsp3) is 0.636. The van der Waals surface area contributed by atoms with Gasteiger partial charge in [0.15, 0.2) is 5.13 Å². The molecule has 1 aliphatic rings. The standard InChI is InChI=1S/C11H16N2O2S/c1-15-10(14)7-9-8-16-11(12-9)13-5-3-2-4-6-13/h8H,2-7H2,1H3. The maximum atomic E-state index is 11.1. The van der Waals surface area contributed by atoms with Gasteiger partial charge in [-0.3, -0.25) is 4.79 Å². The van der Waals surface area contributed by atoms with Crippen molar-refractivity contribution in [3.05, 3.63) is 11.1 Å². The highest BCUT2D eigenvalue weighted by atomic mass is 32.1. The molecule has 1 aromatic heterocycles. The summed E-state index contributed by atoms with van der Waals surface area (Å²) in [7, 11) is 1.40. The molecule has 16 heavy (non-hydrogen) atoms. The van der Waals surface area contributed by atoms with Gasteiger partial charge < -0.3 is 9.64 Å². The van der Waals surface area contributed by atoms with Crippen LogP contribution in [0.3, 0.4) is 0 Å². The van der Waals surface area contributed by atoms with Crippen LogP contribution in [-0.2, 0) is 16.0 Å². The van der Waals surface area contributed by atoms with E-state index in [1.54, 1.807) is 11.3 Å². The van der Waals surface area contributed by atoms with Gasteiger partial charge in [0.05, 0.1) is 19.2 Å². The summed E-state index contributed by atoms with van der Waals surface area (Å²) in [4.78, 5) is 17.9. The number of esters is 1. The molecule has 1 fully saturated rings. The predicted octanol–water partition coefficient (Wildman–Crippen LogP) is 1.85. The number of methoxy groups -OCH3 is 1. The number of carbonyl (C=O) groups is 1. The van der Waals surface area contributed by atoms with Crippen molar-refractivity contribution in [2.45, 2.75) is 25.7 Å². The van der Waals surface area contributed by atoms with Gasteiger partial charge >= 0.3 is 5.97 Å². The number of rotatable bonds is 3. The number of anilines is 1. The van der Waals surface area contributed by atoms with Gasteiger partial charge in [0.1, 0.15) is 0 Å². The number of aromatic nitrogens is 1. The number of ether oxygens (including phenoxy) is 1. The van der Waals surface area contributed by atoms with Crippen LogP contribution < -0.4 is 4.90 Å². The highest BCUT2D eigenvalue weighted by molar-refractivity contribution is 7.13. The summed E-state index contributed by atoms with van der Waals surface area (Å²) in [6, 6.07) is 0. The number of thiazole rings is 1. The van der Waals surface area contributed by atoms with Gasteiger partial charge in [0.2, 0.25) is 0 Å². The first-order valence-electron chi connectivity index (χ1n) is 5.56. The minimum Gasteiger partial charge on any atom is -0.469 e. The SMILES string of the molecule is COC(=O)Cc1csc(N2CCCCC2)n1. The molecule has 5 heteroatoms. The number of hydrogen-bond acceptors (Lipinski definition) is 5. The average Bonchev–Trinajstić information content (AvgIpc) is 2.78. The normalized spacial score (nSPS) is 16.2. The van der Waals surface area contributed by atoms with Crippen LogP contribution in [0.2, 0.25) is 0 Å². The lowest BCUT2D eigenvalue weighted by Gasteiger charge is -2.25. The summed E-state index contributed by atoms with van der Waals surface area (Å²) in [5.74, 6) is -0.226. The van der Waals surface area contributed by atoms with E-state index in [1.165, 1.54) is 26.4 Å². The number of piperidine rings is 1. The molecule has 0 unspecified atom stereocenters. The maximum absolute atomic E-state index is 11.1. The molecule has 1 saturated heterocycles. The molecule has 0 amide bonds. The van der Waals surface area contributed by atoms with Crippen LogP contribution in [0.1, 0.15) is 25.0 Å². The van der Waals surface area contributed by atoms with Crippen LogP contribution >= 0.6 is 11.3 Å². The van der Waals surface area contributed by atoms with Crippen LogP contribution in [0.25, 0.3) is 0 Å². The van der Waals surface area contributed by atoms with Crippen molar-refractivity contribution in [3.63, 3.8) is 0 Å². The van der Waals surface area contributed by atoms with Crippen molar-refractivity contribution in [2.24, 2.45) is 0 Å². The molecule has 0 aromatic carbocycles. The highest BCUT2D eigenvalue weighted by Gasteiger charge is 2.15. The lowest BCUT2D eigenvalue weighted by atomic mass is 10.1. The molecule has 0 aliphatic carbocycles. The smallest absolute Gasteiger partial charge is 0.311 e. The molecule has 0 atom stereocenters. The van der Waals surface area contributed by atoms with Gasteiger partial charge in [-0.15, -0.1) is 11.3 Å². The van der Waals surface area contributed by atoms with Crippen LogP contribution in [0.4, 0.5) is 5.13 Å². The molecule has 0 N–H and O–H groups in total. The Balaban J connectivity index is 1.98. The van der Waals surface area contributed by atoms with Crippen molar-refractivity contribution >= 4 is 22.4 Å². The highest BCUT2D eigenvalue weighted by Crippen LogP contribution is 2.24. The van der Waals surface area contributed by atoms with Crippen LogP contribution in [0, 0.1) is 0 Å². The van der Waals surface area contributed by atoms with Crippen molar-refractivity contribution < 1.29 is 9.53 Å². The Morgan fingerprint density at radius 1 is 1.50 bits per heavy atom. The zero-order chi connectivity index (χ0) is 11.4. The average molecular weight is 240 g/mol. The van der Waals surface area contributed by atoms with Gasteiger partial charge in [-0.1, -0.05) is 0 Å². The summed E-state index contributed by atoms with van der Waals surface area (Å²) >= 11 is 1.62. The van der Waals surface area contributed by atoms with Crippen molar-refractivity contribution in [3.8, 4) is 0 Å². The Morgan fingerprint density at radius 3 is 2.94 bits per heavy atom. The fourth-order valence-electron chi connectivity index (χ4n) is 1.83. The van der Waals surface area contributed by atoms with Gasteiger partial charge in [-0.05, 0) is 19.3 Å². The molecule has 0 saturated carbocycles. The summed E-state index contributed by atoms with van der Waals surface area (Å²) in [5.41, 5.74) is 0.817. The number of hydrogen-bond donors (Lipinski definition) is 0. The Hall–Kier alpha value is -1.10. The van der Waals surface area contributed by atoms with Crippen molar-refractivity contribution in [1.82, 2.24) is 4.98 Å². The molecule has 88 valence electrons. The molecule has 4 nitrogen and oxygen atoms in total. The minimum atomic E-state index is -0.226. The van der Waals surface area contributed by atoms with Crippen LogP contribution in [-0.4, -0.2) is 31.2 Å². The number of carbonyl (C=O) groups excluding carboxylic acids is 1. The summed E-state index contributed by atoms with van der Waals surface area (Å²) in [6.07, 6.45) is 4.08. The molecular weight excluding hydrogens is 224 g/mol. The summed E-state index contributed by atoms with van der Waals surface area (Å²) in [5, 5.41) is 2.99. The van der Waals surface area contributed by atoms with E-state index in [1.807, 2.05) is 5.38 Å². The van der Waals surface area contributed by atoms with E-state index < -0.39 is 0 Å².